The molecule has 3 N–H and O–H groups in total. The topological polar surface area (TPSA) is 104 Å². The van der Waals surface area contributed by atoms with E-state index in [0.717, 1.165) is 0 Å². The summed E-state index contributed by atoms with van der Waals surface area (Å²) in [6.45, 7) is -0.0836. The molecule has 0 bridgehead atoms. The summed E-state index contributed by atoms with van der Waals surface area (Å²) in [5.74, 6) is -2.46. The first kappa shape index (κ1) is 10.9. The molecule has 12 heavy (non-hydrogen) atoms. The zero-order valence-corrected chi connectivity index (χ0v) is 6.27. The lowest BCUT2D eigenvalue weighted by Gasteiger charge is -2.05. The summed E-state index contributed by atoms with van der Waals surface area (Å²) in [6, 6.07) is 0. The molecule has 0 aliphatic rings. The molecular weight excluding hydrogens is 168 g/mol. The van der Waals surface area contributed by atoms with Gasteiger partial charge in [0.25, 0.3) is 6.29 Å². The van der Waals surface area contributed by atoms with Crippen LogP contribution in [0.4, 0.5) is 0 Å². The lowest BCUT2D eigenvalue weighted by molar-refractivity contribution is -0.176. The van der Waals surface area contributed by atoms with Gasteiger partial charge in [0.05, 0.1) is 6.61 Å². The van der Waals surface area contributed by atoms with E-state index >= 15 is 0 Å². The van der Waals surface area contributed by atoms with Crippen molar-refractivity contribution in [1.29, 1.82) is 0 Å². The fraction of sp³-hybridized carbons (Fsp3) is 0.667. The highest BCUT2D eigenvalue weighted by molar-refractivity contribution is 5.70. The second-order valence-corrected chi connectivity index (χ2v) is 2.06. The normalized spacial score (nSPS) is 12.4. The monoisotopic (exact) mass is 178 g/mol. The van der Waals surface area contributed by atoms with E-state index in [-0.39, 0.29) is 19.4 Å². The third kappa shape index (κ3) is 5.63. The van der Waals surface area contributed by atoms with E-state index in [0.29, 0.717) is 0 Å². The van der Waals surface area contributed by atoms with Crippen LogP contribution in [-0.2, 0) is 14.3 Å². The highest BCUT2D eigenvalue weighted by Gasteiger charge is 2.12. The van der Waals surface area contributed by atoms with Gasteiger partial charge in [-0.1, -0.05) is 0 Å². The number of ether oxygens (including phenoxy) is 1. The van der Waals surface area contributed by atoms with Crippen molar-refractivity contribution in [2.45, 2.75) is 19.1 Å². The number of carbonyl (C=O) groups is 2. The SMILES string of the molecule is O=C(O)CCCOC(O)C(=O)O. The molecule has 6 heteroatoms. The van der Waals surface area contributed by atoms with Crippen LogP contribution in [0.25, 0.3) is 0 Å². The summed E-state index contributed by atoms with van der Waals surface area (Å²) in [5.41, 5.74) is 0. The molecule has 0 fully saturated rings. The van der Waals surface area contributed by atoms with E-state index in [1.54, 1.807) is 0 Å². The zero-order chi connectivity index (χ0) is 9.56. The van der Waals surface area contributed by atoms with Crippen molar-refractivity contribution in [1.82, 2.24) is 0 Å². The van der Waals surface area contributed by atoms with Crippen LogP contribution in [-0.4, -0.2) is 40.2 Å². The molecule has 0 aromatic rings. The first-order valence-electron chi connectivity index (χ1n) is 3.28. The lowest BCUT2D eigenvalue weighted by Crippen LogP contribution is -2.23. The van der Waals surface area contributed by atoms with Crippen LogP contribution in [0.15, 0.2) is 0 Å². The van der Waals surface area contributed by atoms with Gasteiger partial charge >= 0.3 is 11.9 Å². The number of aliphatic carboxylic acids is 2. The van der Waals surface area contributed by atoms with E-state index in [1.165, 1.54) is 0 Å². The molecule has 0 radical (unpaired) electrons. The summed E-state index contributed by atoms with van der Waals surface area (Å²) < 4.78 is 4.35. The minimum Gasteiger partial charge on any atom is -0.481 e. The van der Waals surface area contributed by atoms with Gasteiger partial charge in [0.15, 0.2) is 0 Å². The van der Waals surface area contributed by atoms with Crippen molar-refractivity contribution < 1.29 is 29.6 Å². The molecule has 0 rings (SSSR count). The van der Waals surface area contributed by atoms with E-state index in [9.17, 15) is 9.59 Å². The summed E-state index contributed by atoms with van der Waals surface area (Å²) in [7, 11) is 0. The Bertz CT molecular complexity index is 165. The molecule has 0 heterocycles. The van der Waals surface area contributed by atoms with Gasteiger partial charge in [-0.2, -0.15) is 0 Å². The summed E-state index contributed by atoms with van der Waals surface area (Å²) in [4.78, 5) is 19.9. The molecule has 0 saturated carbocycles. The van der Waals surface area contributed by atoms with Gasteiger partial charge in [0, 0.05) is 6.42 Å². The largest absolute Gasteiger partial charge is 0.481 e. The molecule has 1 unspecified atom stereocenters. The third-order valence-electron chi connectivity index (χ3n) is 1.02. The van der Waals surface area contributed by atoms with Crippen molar-refractivity contribution in [2.75, 3.05) is 6.61 Å². The maximum Gasteiger partial charge on any atom is 0.360 e. The number of hydrogen-bond acceptors (Lipinski definition) is 4. The van der Waals surface area contributed by atoms with Crippen molar-refractivity contribution in [2.24, 2.45) is 0 Å². The highest BCUT2D eigenvalue weighted by atomic mass is 16.6. The standard InChI is InChI=1S/C6H10O6/c7-4(8)2-1-3-12-6(11)5(9)10/h6,11H,1-3H2,(H,7,8)(H,9,10). The van der Waals surface area contributed by atoms with Crippen LogP contribution in [0.3, 0.4) is 0 Å². The Hall–Kier alpha value is -1.14. The second kappa shape index (κ2) is 5.50. The molecule has 0 aliphatic heterocycles. The molecule has 1 atom stereocenters. The Morgan fingerprint density at radius 1 is 1.33 bits per heavy atom. The molecule has 0 aliphatic carbocycles. The molecular formula is C6H10O6. The number of carboxylic acid groups (broad SMARTS) is 2. The molecule has 0 saturated heterocycles. The van der Waals surface area contributed by atoms with Gasteiger partial charge in [0.2, 0.25) is 0 Å². The molecule has 0 aromatic heterocycles. The van der Waals surface area contributed by atoms with Crippen molar-refractivity contribution >= 4 is 11.9 Å². The van der Waals surface area contributed by atoms with E-state index in [4.69, 9.17) is 15.3 Å². The predicted molar refractivity (Wildman–Crippen MR) is 36.5 cm³/mol. The zero-order valence-electron chi connectivity index (χ0n) is 6.27. The van der Waals surface area contributed by atoms with Crippen LogP contribution in [0.2, 0.25) is 0 Å². The average Bonchev–Trinajstić information content (AvgIpc) is 1.97. The van der Waals surface area contributed by atoms with Gasteiger partial charge in [-0.15, -0.1) is 0 Å². The Labute approximate surface area is 68.4 Å². The third-order valence-corrected chi connectivity index (χ3v) is 1.02. The number of rotatable bonds is 6. The highest BCUT2D eigenvalue weighted by Crippen LogP contribution is 1.93. The Morgan fingerprint density at radius 2 is 1.92 bits per heavy atom. The van der Waals surface area contributed by atoms with E-state index in [2.05, 4.69) is 4.74 Å². The quantitative estimate of drug-likeness (QED) is 0.366. The van der Waals surface area contributed by atoms with Gasteiger partial charge < -0.3 is 20.1 Å². The van der Waals surface area contributed by atoms with Crippen LogP contribution < -0.4 is 0 Å². The fourth-order valence-electron chi connectivity index (χ4n) is 0.490. The number of hydrogen-bond donors (Lipinski definition) is 3. The van der Waals surface area contributed by atoms with Gasteiger partial charge in [0.1, 0.15) is 0 Å². The summed E-state index contributed by atoms with van der Waals surface area (Å²) >= 11 is 0. The first-order valence-corrected chi connectivity index (χ1v) is 3.28. The maximum atomic E-state index is 9.94. The predicted octanol–water partition coefficient (Wildman–Crippen LogP) is -0.729. The number of carboxylic acids is 2. The summed E-state index contributed by atoms with van der Waals surface area (Å²) in [5, 5.41) is 24.8. The molecule has 0 spiro atoms. The van der Waals surface area contributed by atoms with Crippen LogP contribution in [0.5, 0.6) is 0 Å². The molecule has 0 aromatic carbocycles. The lowest BCUT2D eigenvalue weighted by atomic mass is 10.3. The second-order valence-electron chi connectivity index (χ2n) is 2.06. The Kier molecular flexibility index (Phi) is 4.98. The minimum atomic E-state index is -1.86. The van der Waals surface area contributed by atoms with Crippen LogP contribution in [0, 0.1) is 0 Å². The van der Waals surface area contributed by atoms with Crippen LogP contribution >= 0.6 is 0 Å². The minimum absolute atomic E-state index is 0.0836. The first-order chi connectivity index (χ1) is 5.54. The Morgan fingerprint density at radius 3 is 2.33 bits per heavy atom. The molecule has 70 valence electrons. The maximum absolute atomic E-state index is 9.94. The number of aliphatic hydroxyl groups is 1. The van der Waals surface area contributed by atoms with Crippen molar-refractivity contribution in [3.8, 4) is 0 Å². The van der Waals surface area contributed by atoms with Crippen LogP contribution in [0.1, 0.15) is 12.8 Å². The average molecular weight is 178 g/mol. The van der Waals surface area contributed by atoms with Crippen molar-refractivity contribution in [3.05, 3.63) is 0 Å². The van der Waals surface area contributed by atoms with Gasteiger partial charge in [-0.25, -0.2) is 4.79 Å². The van der Waals surface area contributed by atoms with Gasteiger partial charge in [-0.05, 0) is 6.42 Å². The van der Waals surface area contributed by atoms with E-state index in [1.807, 2.05) is 0 Å². The molecule has 0 amide bonds. The summed E-state index contributed by atoms with van der Waals surface area (Å²) in [6.07, 6.45) is -1.79. The number of aliphatic hydroxyl groups excluding tert-OH is 1. The smallest absolute Gasteiger partial charge is 0.360 e. The van der Waals surface area contributed by atoms with E-state index < -0.39 is 18.2 Å². The van der Waals surface area contributed by atoms with Gasteiger partial charge in [-0.3, -0.25) is 4.79 Å². The van der Waals surface area contributed by atoms with Crippen molar-refractivity contribution in [3.63, 3.8) is 0 Å². The molecule has 6 nitrogen and oxygen atoms in total. The Balaban J connectivity index is 3.31. The fourth-order valence-corrected chi connectivity index (χ4v) is 0.490.